The van der Waals surface area contributed by atoms with Gasteiger partial charge in [-0.1, -0.05) is 0 Å². The van der Waals surface area contributed by atoms with E-state index in [2.05, 4.69) is 0 Å². The van der Waals surface area contributed by atoms with E-state index in [9.17, 15) is 4.79 Å². The van der Waals surface area contributed by atoms with Crippen molar-refractivity contribution in [1.82, 2.24) is 4.90 Å². The van der Waals surface area contributed by atoms with E-state index in [-0.39, 0.29) is 18.4 Å². The Morgan fingerprint density at radius 2 is 2.00 bits per heavy atom. The second-order valence-electron chi connectivity index (χ2n) is 4.97. The van der Waals surface area contributed by atoms with Crippen LogP contribution in [-0.2, 0) is 9.53 Å². The van der Waals surface area contributed by atoms with Gasteiger partial charge in [0.15, 0.2) is 0 Å². The van der Waals surface area contributed by atoms with Crippen LogP contribution in [0.3, 0.4) is 0 Å². The van der Waals surface area contributed by atoms with Crippen molar-refractivity contribution >= 4 is 5.91 Å². The van der Waals surface area contributed by atoms with Crippen LogP contribution in [0.2, 0.25) is 0 Å². The number of carbonyl (C=O) groups excluding carboxylic acids is 1. The Hall–Kier alpha value is -0.610. The Morgan fingerprint density at radius 1 is 1.31 bits per heavy atom. The maximum Gasteiger partial charge on any atom is 0.225 e. The Balaban J connectivity index is 1.83. The fourth-order valence-corrected chi connectivity index (χ4v) is 2.83. The van der Waals surface area contributed by atoms with E-state index in [1.165, 1.54) is 6.42 Å². The largest absolute Gasteiger partial charge is 0.395 e. The molecule has 2 fully saturated rings. The van der Waals surface area contributed by atoms with Gasteiger partial charge in [-0.15, -0.1) is 0 Å². The zero-order valence-electron chi connectivity index (χ0n) is 9.89. The Labute approximate surface area is 96.6 Å². The lowest BCUT2D eigenvalue weighted by Crippen LogP contribution is -2.39. The molecule has 2 atom stereocenters. The number of rotatable bonds is 6. The molecule has 0 spiro atoms. The number of carbonyl (C=O) groups is 1. The Morgan fingerprint density at radius 3 is 2.56 bits per heavy atom. The molecule has 2 aliphatic carbocycles. The molecule has 2 saturated carbocycles. The highest BCUT2D eigenvalue weighted by Gasteiger charge is 2.48. The van der Waals surface area contributed by atoms with Gasteiger partial charge in [-0.2, -0.15) is 0 Å². The molecule has 2 rings (SSSR count). The summed E-state index contributed by atoms with van der Waals surface area (Å²) >= 11 is 0. The van der Waals surface area contributed by atoms with E-state index in [4.69, 9.17) is 9.84 Å². The van der Waals surface area contributed by atoms with Crippen LogP contribution < -0.4 is 0 Å². The smallest absolute Gasteiger partial charge is 0.225 e. The number of fused-ring (bicyclic) bond motifs is 1. The van der Waals surface area contributed by atoms with Crippen molar-refractivity contribution in [3.05, 3.63) is 0 Å². The summed E-state index contributed by atoms with van der Waals surface area (Å²) in [6.07, 6.45) is 3.47. The van der Waals surface area contributed by atoms with Crippen LogP contribution in [0.5, 0.6) is 0 Å². The molecule has 2 unspecified atom stereocenters. The molecule has 4 heteroatoms. The predicted octanol–water partition coefficient (Wildman–Crippen LogP) is 0.500. The maximum atomic E-state index is 12.2. The van der Waals surface area contributed by atoms with Crippen molar-refractivity contribution in [2.45, 2.75) is 19.3 Å². The molecule has 0 saturated heterocycles. The summed E-state index contributed by atoms with van der Waals surface area (Å²) in [7, 11) is 1.63. The van der Waals surface area contributed by atoms with Crippen molar-refractivity contribution in [1.29, 1.82) is 0 Å². The van der Waals surface area contributed by atoms with Crippen LogP contribution in [0.1, 0.15) is 19.3 Å². The first-order valence-electron chi connectivity index (χ1n) is 6.14. The molecular weight excluding hydrogens is 206 g/mol. The molecule has 1 N–H and O–H groups in total. The van der Waals surface area contributed by atoms with Gasteiger partial charge in [-0.3, -0.25) is 4.79 Å². The third-order valence-corrected chi connectivity index (χ3v) is 3.84. The number of hydrogen-bond donors (Lipinski definition) is 1. The molecule has 92 valence electrons. The molecule has 0 aromatic rings. The highest BCUT2D eigenvalue weighted by molar-refractivity contribution is 5.79. The van der Waals surface area contributed by atoms with Crippen LogP contribution in [0, 0.1) is 17.8 Å². The summed E-state index contributed by atoms with van der Waals surface area (Å²) in [6.45, 7) is 1.62. The third kappa shape index (κ3) is 2.55. The van der Waals surface area contributed by atoms with Crippen LogP contribution in [0.25, 0.3) is 0 Å². The molecule has 16 heavy (non-hydrogen) atoms. The minimum Gasteiger partial charge on any atom is -0.395 e. The summed E-state index contributed by atoms with van der Waals surface area (Å²) in [5, 5.41) is 8.95. The van der Waals surface area contributed by atoms with Gasteiger partial charge in [0, 0.05) is 26.1 Å². The van der Waals surface area contributed by atoms with Crippen LogP contribution in [-0.4, -0.2) is 49.3 Å². The molecule has 1 amide bonds. The van der Waals surface area contributed by atoms with E-state index in [1.807, 2.05) is 0 Å². The zero-order valence-corrected chi connectivity index (χ0v) is 9.89. The average Bonchev–Trinajstić information content (AvgIpc) is 2.90. The third-order valence-electron chi connectivity index (χ3n) is 3.84. The van der Waals surface area contributed by atoms with E-state index in [0.29, 0.717) is 19.7 Å². The summed E-state index contributed by atoms with van der Waals surface area (Å²) in [5.74, 6) is 2.09. The second kappa shape index (κ2) is 5.15. The summed E-state index contributed by atoms with van der Waals surface area (Å²) < 4.78 is 4.99. The number of amides is 1. The zero-order chi connectivity index (χ0) is 11.5. The normalized spacial score (nSPS) is 31.2. The summed E-state index contributed by atoms with van der Waals surface area (Å²) in [5.41, 5.74) is 0. The molecule has 4 nitrogen and oxygen atoms in total. The van der Waals surface area contributed by atoms with Gasteiger partial charge < -0.3 is 14.7 Å². The number of ether oxygens (including phenoxy) is 1. The number of hydrogen-bond acceptors (Lipinski definition) is 3. The second-order valence-corrected chi connectivity index (χ2v) is 4.97. The average molecular weight is 227 g/mol. The number of aliphatic hydroxyl groups is 1. The number of methoxy groups -OCH3 is 1. The molecule has 0 radical (unpaired) electrons. The number of aliphatic hydroxyl groups excluding tert-OH is 1. The summed E-state index contributed by atoms with van der Waals surface area (Å²) in [4.78, 5) is 13.9. The van der Waals surface area contributed by atoms with Gasteiger partial charge in [0.25, 0.3) is 0 Å². The standard InChI is InChI=1S/C12H21NO3/c1-16-5-3-13(2-4-14)12(15)11-7-9-6-10(9)8-11/h9-11,14H,2-8H2,1H3. The monoisotopic (exact) mass is 227 g/mol. The van der Waals surface area contributed by atoms with Gasteiger partial charge >= 0.3 is 0 Å². The Bertz CT molecular complexity index is 247. The molecule has 0 aromatic heterocycles. The molecule has 0 aromatic carbocycles. The topological polar surface area (TPSA) is 49.8 Å². The molecule has 0 bridgehead atoms. The summed E-state index contributed by atoms with van der Waals surface area (Å²) in [6, 6.07) is 0. The number of nitrogens with zero attached hydrogens (tertiary/aromatic N) is 1. The van der Waals surface area contributed by atoms with Crippen molar-refractivity contribution in [2.75, 3.05) is 33.4 Å². The molecule has 2 aliphatic rings. The maximum absolute atomic E-state index is 12.2. The highest BCUT2D eigenvalue weighted by Crippen LogP contribution is 2.54. The first kappa shape index (κ1) is 11.9. The first-order chi connectivity index (χ1) is 7.76. The van der Waals surface area contributed by atoms with Gasteiger partial charge in [-0.05, 0) is 31.1 Å². The SMILES string of the molecule is COCCN(CCO)C(=O)C1CC2CC2C1. The Kier molecular flexibility index (Phi) is 3.82. The van der Waals surface area contributed by atoms with Crippen molar-refractivity contribution in [3.63, 3.8) is 0 Å². The van der Waals surface area contributed by atoms with Crippen LogP contribution in [0.15, 0.2) is 0 Å². The molecule has 0 aliphatic heterocycles. The minimum atomic E-state index is 0.0367. The predicted molar refractivity (Wildman–Crippen MR) is 59.9 cm³/mol. The van der Waals surface area contributed by atoms with Crippen molar-refractivity contribution in [3.8, 4) is 0 Å². The quantitative estimate of drug-likeness (QED) is 0.719. The van der Waals surface area contributed by atoms with E-state index >= 15 is 0 Å². The van der Waals surface area contributed by atoms with Crippen LogP contribution in [0.4, 0.5) is 0 Å². The van der Waals surface area contributed by atoms with Gasteiger partial charge in [0.1, 0.15) is 0 Å². The van der Waals surface area contributed by atoms with Crippen molar-refractivity contribution < 1.29 is 14.6 Å². The van der Waals surface area contributed by atoms with E-state index in [1.54, 1.807) is 12.0 Å². The van der Waals surface area contributed by atoms with Crippen molar-refractivity contribution in [2.24, 2.45) is 17.8 Å². The lowest BCUT2D eigenvalue weighted by Gasteiger charge is -2.25. The lowest BCUT2D eigenvalue weighted by molar-refractivity contribution is -0.136. The van der Waals surface area contributed by atoms with Crippen LogP contribution >= 0.6 is 0 Å². The minimum absolute atomic E-state index is 0.0367. The van der Waals surface area contributed by atoms with E-state index < -0.39 is 0 Å². The van der Waals surface area contributed by atoms with Gasteiger partial charge in [0.05, 0.1) is 13.2 Å². The molecule has 0 heterocycles. The fourth-order valence-electron chi connectivity index (χ4n) is 2.83. The van der Waals surface area contributed by atoms with E-state index in [0.717, 1.165) is 24.7 Å². The highest BCUT2D eigenvalue weighted by atomic mass is 16.5. The first-order valence-corrected chi connectivity index (χ1v) is 6.14. The van der Waals surface area contributed by atoms with Gasteiger partial charge in [0.2, 0.25) is 5.91 Å². The molecular formula is C12H21NO3. The fraction of sp³-hybridized carbons (Fsp3) is 0.917. The lowest BCUT2D eigenvalue weighted by atomic mass is 10.0. The van der Waals surface area contributed by atoms with Gasteiger partial charge in [-0.25, -0.2) is 0 Å².